The molecule has 3 aromatic heterocycles. The quantitative estimate of drug-likeness (QED) is 0.580. The van der Waals surface area contributed by atoms with E-state index in [1.165, 1.54) is 18.3 Å². The molecule has 0 aliphatic carbocycles. The van der Waals surface area contributed by atoms with Gasteiger partial charge in [0.1, 0.15) is 5.69 Å². The summed E-state index contributed by atoms with van der Waals surface area (Å²) in [6.07, 6.45) is 3.04. The van der Waals surface area contributed by atoms with Gasteiger partial charge < -0.3 is 10.4 Å². The van der Waals surface area contributed by atoms with Crippen molar-refractivity contribution >= 4 is 23.2 Å². The molecule has 132 valence electrons. The first-order valence-corrected chi connectivity index (χ1v) is 8.03. The van der Waals surface area contributed by atoms with Gasteiger partial charge in [-0.15, -0.1) is 5.10 Å². The predicted molar refractivity (Wildman–Crippen MR) is 97.6 cm³/mol. The zero-order chi connectivity index (χ0) is 18.8. The number of amides is 1. The van der Waals surface area contributed by atoms with Crippen LogP contribution in [0.3, 0.4) is 0 Å². The van der Waals surface area contributed by atoms with Gasteiger partial charge in [-0.2, -0.15) is 0 Å². The number of carbonyl (C=O) groups is 2. The van der Waals surface area contributed by atoms with Gasteiger partial charge >= 0.3 is 5.97 Å². The second-order valence-electron chi connectivity index (χ2n) is 5.68. The average Bonchev–Trinajstić information content (AvgIpc) is 3.12. The molecule has 3 heterocycles. The fourth-order valence-electron chi connectivity index (χ4n) is 2.62. The highest BCUT2D eigenvalue weighted by atomic mass is 16.4. The molecule has 0 unspecified atom stereocenters. The molecule has 4 rings (SSSR count). The molecule has 0 aliphatic rings. The Balaban J connectivity index is 1.63. The summed E-state index contributed by atoms with van der Waals surface area (Å²) in [5.41, 5.74) is 1.57. The van der Waals surface area contributed by atoms with Crippen molar-refractivity contribution in [3.63, 3.8) is 0 Å². The molecule has 4 aromatic rings. The van der Waals surface area contributed by atoms with E-state index < -0.39 is 11.9 Å². The summed E-state index contributed by atoms with van der Waals surface area (Å²) in [7, 11) is 0. The minimum Gasteiger partial charge on any atom is -0.478 e. The van der Waals surface area contributed by atoms with E-state index >= 15 is 0 Å². The normalized spacial score (nSPS) is 10.7. The summed E-state index contributed by atoms with van der Waals surface area (Å²) in [4.78, 5) is 32.0. The van der Waals surface area contributed by atoms with E-state index in [2.05, 4.69) is 20.4 Å². The van der Waals surface area contributed by atoms with Gasteiger partial charge in [-0.1, -0.05) is 30.3 Å². The third-order valence-corrected chi connectivity index (χ3v) is 3.88. The fraction of sp³-hybridized carbons (Fsp3) is 0. The third-order valence-electron chi connectivity index (χ3n) is 3.88. The number of benzene rings is 1. The number of carboxylic acids is 1. The maximum atomic E-state index is 12.4. The average molecular weight is 359 g/mol. The maximum Gasteiger partial charge on any atom is 0.338 e. The minimum absolute atomic E-state index is 0.156. The van der Waals surface area contributed by atoms with Crippen molar-refractivity contribution in [2.24, 2.45) is 0 Å². The molecule has 8 heteroatoms. The van der Waals surface area contributed by atoms with Crippen LogP contribution < -0.4 is 5.32 Å². The molecule has 0 fully saturated rings. The Labute approximate surface area is 153 Å². The van der Waals surface area contributed by atoms with E-state index in [1.807, 2.05) is 30.3 Å². The molecule has 2 N–H and O–H groups in total. The number of aromatic carboxylic acids is 1. The third kappa shape index (κ3) is 3.23. The SMILES string of the molecule is O=C(O)c1cccnc1C(=O)Nc1ccn2nc(-c3ccccc3)nc2c1. The molecule has 27 heavy (non-hydrogen) atoms. The van der Waals surface area contributed by atoms with E-state index in [-0.39, 0.29) is 11.3 Å². The van der Waals surface area contributed by atoms with Crippen molar-refractivity contribution in [1.29, 1.82) is 0 Å². The van der Waals surface area contributed by atoms with Gasteiger partial charge in [0.2, 0.25) is 0 Å². The van der Waals surface area contributed by atoms with Crippen molar-refractivity contribution in [3.8, 4) is 11.4 Å². The summed E-state index contributed by atoms with van der Waals surface area (Å²) in [6.45, 7) is 0. The largest absolute Gasteiger partial charge is 0.478 e. The number of nitrogens with zero attached hydrogens (tertiary/aromatic N) is 4. The van der Waals surface area contributed by atoms with Crippen molar-refractivity contribution < 1.29 is 14.7 Å². The van der Waals surface area contributed by atoms with E-state index in [1.54, 1.807) is 22.8 Å². The number of aromatic nitrogens is 4. The Kier molecular flexibility index (Phi) is 4.06. The molecule has 0 radical (unpaired) electrons. The first-order valence-electron chi connectivity index (χ1n) is 8.03. The van der Waals surface area contributed by atoms with Crippen molar-refractivity contribution in [1.82, 2.24) is 19.6 Å². The van der Waals surface area contributed by atoms with Gasteiger partial charge in [0.05, 0.1) is 5.56 Å². The van der Waals surface area contributed by atoms with Crippen LogP contribution in [-0.4, -0.2) is 36.6 Å². The maximum absolute atomic E-state index is 12.4. The molecule has 0 spiro atoms. The van der Waals surface area contributed by atoms with Gasteiger partial charge in [-0.05, 0) is 18.2 Å². The van der Waals surface area contributed by atoms with Crippen molar-refractivity contribution in [2.75, 3.05) is 5.32 Å². The predicted octanol–water partition coefficient (Wildman–Crippen LogP) is 2.74. The Hall–Kier alpha value is -4.07. The zero-order valence-electron chi connectivity index (χ0n) is 13.9. The molecule has 1 aromatic carbocycles. The first-order chi connectivity index (χ1) is 13.1. The van der Waals surface area contributed by atoms with Gasteiger partial charge in [0, 0.05) is 29.7 Å². The number of fused-ring (bicyclic) bond motifs is 1. The van der Waals surface area contributed by atoms with Gasteiger partial charge in [0.15, 0.2) is 11.5 Å². The van der Waals surface area contributed by atoms with Crippen LogP contribution in [0, 0.1) is 0 Å². The molecule has 0 saturated carbocycles. The monoisotopic (exact) mass is 359 g/mol. The van der Waals surface area contributed by atoms with Gasteiger partial charge in [-0.3, -0.25) is 9.78 Å². The lowest BCUT2D eigenvalue weighted by molar-refractivity contribution is 0.0691. The fourth-order valence-corrected chi connectivity index (χ4v) is 2.62. The Morgan fingerprint density at radius 3 is 2.63 bits per heavy atom. The highest BCUT2D eigenvalue weighted by Crippen LogP contribution is 2.18. The van der Waals surface area contributed by atoms with Crippen LogP contribution in [-0.2, 0) is 0 Å². The molecule has 0 saturated heterocycles. The molecule has 0 aliphatic heterocycles. The first kappa shape index (κ1) is 16.4. The number of carbonyl (C=O) groups excluding carboxylic acids is 1. The van der Waals surface area contributed by atoms with Crippen LogP contribution >= 0.6 is 0 Å². The Morgan fingerprint density at radius 1 is 1.04 bits per heavy atom. The topological polar surface area (TPSA) is 109 Å². The number of hydrogen-bond donors (Lipinski definition) is 2. The highest BCUT2D eigenvalue weighted by Gasteiger charge is 2.18. The summed E-state index contributed by atoms with van der Waals surface area (Å²) in [5.74, 6) is -1.26. The lowest BCUT2D eigenvalue weighted by atomic mass is 10.2. The number of nitrogens with one attached hydrogen (secondary N) is 1. The molecule has 1 amide bonds. The van der Waals surface area contributed by atoms with E-state index in [0.717, 1.165) is 5.56 Å². The van der Waals surface area contributed by atoms with Crippen molar-refractivity contribution in [2.45, 2.75) is 0 Å². The van der Waals surface area contributed by atoms with Crippen LogP contribution in [0.2, 0.25) is 0 Å². The summed E-state index contributed by atoms with van der Waals surface area (Å²) in [6, 6.07) is 15.6. The van der Waals surface area contributed by atoms with Crippen LogP contribution in [0.15, 0.2) is 67.0 Å². The molecular weight excluding hydrogens is 346 g/mol. The second-order valence-corrected chi connectivity index (χ2v) is 5.68. The molecule has 8 nitrogen and oxygen atoms in total. The number of carboxylic acid groups (broad SMARTS) is 1. The van der Waals surface area contributed by atoms with E-state index in [0.29, 0.717) is 17.2 Å². The van der Waals surface area contributed by atoms with E-state index in [4.69, 9.17) is 0 Å². The summed E-state index contributed by atoms with van der Waals surface area (Å²) < 4.78 is 1.60. The van der Waals surface area contributed by atoms with Gasteiger partial charge in [0.25, 0.3) is 5.91 Å². The standard InChI is InChI=1S/C19H13N5O3/c25-18(16-14(19(26)27)7-4-9-20-16)21-13-8-10-24-15(11-13)22-17(23-24)12-5-2-1-3-6-12/h1-11H,(H,21,25)(H,26,27). The lowest BCUT2D eigenvalue weighted by Gasteiger charge is -2.06. The highest BCUT2D eigenvalue weighted by molar-refractivity contribution is 6.09. The van der Waals surface area contributed by atoms with Crippen molar-refractivity contribution in [3.05, 3.63) is 78.2 Å². The Morgan fingerprint density at radius 2 is 1.85 bits per heavy atom. The molecule has 0 atom stereocenters. The lowest BCUT2D eigenvalue weighted by Crippen LogP contribution is -2.18. The molecule has 0 bridgehead atoms. The zero-order valence-corrected chi connectivity index (χ0v) is 13.9. The van der Waals surface area contributed by atoms with Crippen LogP contribution in [0.4, 0.5) is 5.69 Å². The smallest absolute Gasteiger partial charge is 0.338 e. The minimum atomic E-state index is -1.21. The second kappa shape index (κ2) is 6.68. The number of rotatable bonds is 4. The number of anilines is 1. The molecular formula is C19H13N5O3. The summed E-state index contributed by atoms with van der Waals surface area (Å²) in [5, 5.41) is 16.2. The van der Waals surface area contributed by atoms with Gasteiger partial charge in [-0.25, -0.2) is 14.3 Å². The van der Waals surface area contributed by atoms with Crippen LogP contribution in [0.5, 0.6) is 0 Å². The summed E-state index contributed by atoms with van der Waals surface area (Å²) >= 11 is 0. The number of hydrogen-bond acceptors (Lipinski definition) is 5. The Bertz CT molecular complexity index is 1150. The number of pyridine rings is 2. The van der Waals surface area contributed by atoms with E-state index in [9.17, 15) is 14.7 Å². The van der Waals surface area contributed by atoms with Crippen LogP contribution in [0.1, 0.15) is 20.8 Å². The van der Waals surface area contributed by atoms with Crippen LogP contribution in [0.25, 0.3) is 17.0 Å².